The summed E-state index contributed by atoms with van der Waals surface area (Å²) >= 11 is -2.03. The summed E-state index contributed by atoms with van der Waals surface area (Å²) in [7, 11) is 0. The molecule has 0 unspecified atom stereocenters. The summed E-state index contributed by atoms with van der Waals surface area (Å²) in [4.78, 5) is 0. The van der Waals surface area contributed by atoms with Gasteiger partial charge in [-0.05, 0) is 0 Å². The first-order valence-corrected chi connectivity index (χ1v) is 1.97. The van der Waals surface area contributed by atoms with Crippen LogP contribution in [0.4, 0.5) is 0 Å². The second-order valence-corrected chi connectivity index (χ2v) is 0.403. The molecule has 4 heteroatoms. The Labute approximate surface area is 45.8 Å². The van der Waals surface area contributed by atoms with E-state index in [2.05, 4.69) is 0 Å². The molecule has 0 spiro atoms. The second-order valence-electron chi connectivity index (χ2n) is 0.0680. The Morgan fingerprint density at radius 3 is 1.50 bits per heavy atom. The van der Waals surface area contributed by atoms with E-state index in [1.54, 1.807) is 0 Å². The zero-order valence-electron chi connectivity index (χ0n) is 3.22. The molecule has 0 aliphatic carbocycles. The molecule has 0 amide bonds. The molecular weight excluding hydrogens is 135 g/mol. The first kappa shape index (κ1) is 8.86. The van der Waals surface area contributed by atoms with E-state index < -0.39 is 18.5 Å². The minimum atomic E-state index is -2.03. The van der Waals surface area contributed by atoms with Gasteiger partial charge in [-0.2, -0.15) is 0 Å². The van der Waals surface area contributed by atoms with Crippen molar-refractivity contribution in [1.29, 1.82) is 0 Å². The fourth-order valence-electron chi connectivity index (χ4n) is 0. The predicted octanol–water partition coefficient (Wildman–Crippen LogP) is -3.12. The van der Waals surface area contributed by atoms with Crippen LogP contribution >= 0.6 is 0 Å². The van der Waals surface area contributed by atoms with Crippen LogP contribution in [-0.2, 0) is 25.3 Å². The summed E-state index contributed by atoms with van der Waals surface area (Å²) in [5.41, 5.74) is 0. The molecule has 0 bridgehead atoms. The minimum absolute atomic E-state index is 0. The molecule has 0 saturated heterocycles. The third-order valence-electron chi connectivity index (χ3n) is 0. The average molecular weight is 136 g/mol. The molecule has 0 aliphatic rings. The van der Waals surface area contributed by atoms with Crippen LogP contribution in [0.1, 0.15) is 1.43 Å². The molecule has 0 aromatic rings. The maximum absolute atomic E-state index is 8.50. The van der Waals surface area contributed by atoms with Gasteiger partial charge < -0.3 is 1.43 Å². The molecule has 0 atom stereocenters. The van der Waals surface area contributed by atoms with Crippen molar-refractivity contribution in [2.75, 3.05) is 0 Å². The van der Waals surface area contributed by atoms with E-state index in [-0.39, 0.29) is 20.3 Å². The van der Waals surface area contributed by atoms with E-state index in [1.807, 2.05) is 0 Å². The molecule has 4 heavy (non-hydrogen) atoms. The van der Waals surface area contributed by atoms with Gasteiger partial charge >= 0.3 is 44.1 Å². The van der Waals surface area contributed by atoms with Crippen LogP contribution in [0.2, 0.25) is 0 Å². The van der Waals surface area contributed by atoms with Crippen LogP contribution in [-0.4, -0.2) is 0 Å². The summed E-state index contributed by atoms with van der Waals surface area (Å²) in [6.45, 7) is 0. The summed E-state index contributed by atoms with van der Waals surface area (Å²) in [5, 5.41) is 0. The normalized spacial score (nSPS) is 3.00. The van der Waals surface area contributed by atoms with Gasteiger partial charge in [-0.1, -0.05) is 0 Å². The Balaban J connectivity index is -0.0000000200. The van der Waals surface area contributed by atoms with Crippen molar-refractivity contribution in [1.82, 2.24) is 0 Å². The summed E-state index contributed by atoms with van der Waals surface area (Å²) < 4.78 is 17.0. The maximum atomic E-state index is 8.50. The molecular formula is HLiMoO2. The van der Waals surface area contributed by atoms with Crippen molar-refractivity contribution in [3.63, 3.8) is 0 Å². The molecule has 2 nitrogen and oxygen atoms in total. The Morgan fingerprint density at radius 1 is 1.50 bits per heavy atom. The molecule has 0 rings (SSSR count). The molecule has 0 heterocycles. The van der Waals surface area contributed by atoms with Crippen LogP contribution in [0.25, 0.3) is 0 Å². The Kier molecular flexibility index (Phi) is 20.2. The first-order chi connectivity index (χ1) is 1.41. The predicted molar refractivity (Wildman–Crippen MR) is 2.49 cm³/mol. The molecule has 0 fully saturated rings. The van der Waals surface area contributed by atoms with Gasteiger partial charge in [-0.3, -0.25) is 0 Å². The average Bonchev–Trinajstić information content (AvgIpc) is 0.918. The van der Waals surface area contributed by atoms with E-state index in [0.29, 0.717) is 0 Å². The second kappa shape index (κ2) is 9.10. The van der Waals surface area contributed by atoms with Gasteiger partial charge in [0, 0.05) is 0 Å². The van der Waals surface area contributed by atoms with Crippen LogP contribution in [0.5, 0.6) is 0 Å². The monoisotopic (exact) mass is 138 g/mol. The molecule has 0 saturated carbocycles. The van der Waals surface area contributed by atoms with Crippen LogP contribution in [0.15, 0.2) is 0 Å². The van der Waals surface area contributed by atoms with Crippen LogP contribution in [0, 0.1) is 0 Å². The van der Waals surface area contributed by atoms with Gasteiger partial charge in [0.1, 0.15) is 0 Å². The van der Waals surface area contributed by atoms with E-state index in [0.717, 1.165) is 0 Å². The fourth-order valence-corrected chi connectivity index (χ4v) is 0. The Hall–Kier alpha value is 0.886. The summed E-state index contributed by atoms with van der Waals surface area (Å²) in [6, 6.07) is 0. The van der Waals surface area contributed by atoms with Crippen molar-refractivity contribution in [2.24, 2.45) is 0 Å². The molecule has 0 aliphatic heterocycles. The number of hydrogen-bond donors (Lipinski definition) is 0. The van der Waals surface area contributed by atoms with Gasteiger partial charge in [-0.25, -0.2) is 0 Å². The van der Waals surface area contributed by atoms with Gasteiger partial charge in [0.25, 0.3) is 0 Å². The van der Waals surface area contributed by atoms with Gasteiger partial charge in [0.05, 0.1) is 0 Å². The topological polar surface area (TPSA) is 34.1 Å². The van der Waals surface area contributed by atoms with Crippen LogP contribution in [0.3, 0.4) is 0 Å². The van der Waals surface area contributed by atoms with E-state index in [1.165, 1.54) is 0 Å². The van der Waals surface area contributed by atoms with Crippen LogP contribution < -0.4 is 18.9 Å². The van der Waals surface area contributed by atoms with Crippen molar-refractivity contribution >= 4 is 0 Å². The molecule has 0 aromatic carbocycles. The fraction of sp³-hybridized carbons (Fsp3) is 0. The van der Waals surface area contributed by atoms with Crippen molar-refractivity contribution < 1.29 is 45.6 Å². The Morgan fingerprint density at radius 2 is 1.50 bits per heavy atom. The number of hydrogen-bond acceptors (Lipinski definition) is 2. The third-order valence-corrected chi connectivity index (χ3v) is 0. The SMILES string of the molecule is [H-].[Li+].[O]=[Mo]=[O]. The van der Waals surface area contributed by atoms with Gasteiger partial charge in [0.15, 0.2) is 0 Å². The van der Waals surface area contributed by atoms with Crippen molar-refractivity contribution in [3.8, 4) is 0 Å². The quantitative estimate of drug-likeness (QED) is 0.330. The zero-order valence-corrected chi connectivity index (χ0v) is 4.23. The van der Waals surface area contributed by atoms with Crippen molar-refractivity contribution in [2.45, 2.75) is 0 Å². The zero-order chi connectivity index (χ0) is 2.71. The van der Waals surface area contributed by atoms with E-state index in [4.69, 9.17) is 6.80 Å². The summed E-state index contributed by atoms with van der Waals surface area (Å²) in [5.74, 6) is 0. The van der Waals surface area contributed by atoms with Gasteiger partial charge in [-0.15, -0.1) is 0 Å². The first-order valence-electron chi connectivity index (χ1n) is 0.333. The van der Waals surface area contributed by atoms with E-state index in [9.17, 15) is 0 Å². The Bertz CT molecular complexity index is 30.6. The number of rotatable bonds is 0. The summed E-state index contributed by atoms with van der Waals surface area (Å²) in [6.07, 6.45) is 0. The van der Waals surface area contributed by atoms with E-state index >= 15 is 0 Å². The molecule has 0 aromatic heterocycles. The molecule has 20 valence electrons. The van der Waals surface area contributed by atoms with Gasteiger partial charge in [0.2, 0.25) is 0 Å². The standard InChI is InChI=1S/Li.Mo.2O.H/q+1;;;;-1. The molecule has 0 radical (unpaired) electrons. The van der Waals surface area contributed by atoms with Crippen molar-refractivity contribution in [3.05, 3.63) is 0 Å². The third kappa shape index (κ3) is 13.1. The molecule has 0 N–H and O–H groups in total.